The van der Waals surface area contributed by atoms with Gasteiger partial charge in [0.1, 0.15) is 11.3 Å². The maximum absolute atomic E-state index is 13.1. The van der Waals surface area contributed by atoms with E-state index in [1.807, 2.05) is 36.6 Å². The molecule has 0 N–H and O–H groups in total. The quantitative estimate of drug-likeness (QED) is 0.483. The van der Waals surface area contributed by atoms with Gasteiger partial charge in [-0.25, -0.2) is 8.42 Å². The van der Waals surface area contributed by atoms with Crippen molar-refractivity contribution in [1.82, 2.24) is 8.87 Å². The highest BCUT2D eigenvalue weighted by atomic mass is 32.2. The lowest BCUT2D eigenvalue weighted by Crippen LogP contribution is -2.48. The number of carbonyl (C=O) groups is 1. The summed E-state index contributed by atoms with van der Waals surface area (Å²) in [7, 11) is -2.09. The zero-order valence-electron chi connectivity index (χ0n) is 19.3. The average molecular weight is 502 g/mol. The summed E-state index contributed by atoms with van der Waals surface area (Å²) in [6, 6.07) is 11.6. The average Bonchev–Trinajstić information content (AvgIpc) is 3.15. The number of benzene rings is 2. The molecule has 3 aromatic rings. The molecule has 0 bridgehead atoms. The number of nitrogens with zero attached hydrogens (tertiary/aromatic N) is 3. The lowest BCUT2D eigenvalue weighted by molar-refractivity contribution is -0.0440. The summed E-state index contributed by atoms with van der Waals surface area (Å²) in [5, 5.41) is 0. The Hall–Kier alpha value is -2.79. The summed E-state index contributed by atoms with van der Waals surface area (Å²) < 4.78 is 41.5. The molecule has 0 unspecified atom stereocenters. The normalized spacial score (nSPS) is 19.9. The number of sulfonamides is 1. The number of methoxy groups -OCH3 is 1. The first-order valence-corrected chi connectivity index (χ1v) is 13.1. The van der Waals surface area contributed by atoms with E-state index in [1.54, 1.807) is 13.2 Å². The molecule has 1 fully saturated rings. The number of carbonyl (C=O) groups excluding carboxylic acids is 1. The van der Waals surface area contributed by atoms with Gasteiger partial charge in [-0.15, -0.1) is 6.58 Å². The molecule has 180 valence electrons. The fourth-order valence-corrected chi connectivity index (χ4v) is 6.69. The minimum atomic E-state index is -3.68. The fourth-order valence-electron chi connectivity index (χ4n) is 4.04. The van der Waals surface area contributed by atoms with Crippen molar-refractivity contribution in [2.45, 2.75) is 37.5 Å². The summed E-state index contributed by atoms with van der Waals surface area (Å²) in [4.78, 5) is 17.9. The number of hydrogen-bond acceptors (Lipinski definition) is 6. The number of hydrogen-bond donors (Lipinski definition) is 0. The van der Waals surface area contributed by atoms with Gasteiger partial charge >= 0.3 is 0 Å². The second-order valence-corrected chi connectivity index (χ2v) is 11.1. The van der Waals surface area contributed by atoms with Gasteiger partial charge in [-0.3, -0.25) is 4.79 Å². The second kappa shape index (κ2) is 9.83. The lowest BCUT2D eigenvalue weighted by atomic mass is 10.2. The first-order chi connectivity index (χ1) is 16.2. The van der Waals surface area contributed by atoms with Crippen LogP contribution in [0.4, 0.5) is 0 Å². The monoisotopic (exact) mass is 501 g/mol. The van der Waals surface area contributed by atoms with E-state index in [9.17, 15) is 13.2 Å². The van der Waals surface area contributed by atoms with Crippen LogP contribution in [0.15, 0.2) is 65.0 Å². The van der Waals surface area contributed by atoms with Crippen molar-refractivity contribution in [1.29, 1.82) is 0 Å². The van der Waals surface area contributed by atoms with Crippen LogP contribution in [0.2, 0.25) is 0 Å². The van der Waals surface area contributed by atoms with Crippen LogP contribution < -0.4 is 9.54 Å². The number of para-hydroxylation sites is 1. The molecule has 1 aliphatic rings. The molecular formula is C24H27N3O5S2. The molecule has 8 nitrogen and oxygen atoms in total. The largest absolute Gasteiger partial charge is 0.495 e. The minimum absolute atomic E-state index is 0.138. The van der Waals surface area contributed by atoms with Crippen LogP contribution in [-0.4, -0.2) is 55.6 Å². The first kappa shape index (κ1) is 24.3. The predicted octanol–water partition coefficient (Wildman–Crippen LogP) is 3.44. The highest BCUT2D eigenvalue weighted by molar-refractivity contribution is 7.89. The Bertz CT molecular complexity index is 1380. The molecule has 2 atom stereocenters. The number of fused-ring (bicyclic) bond motifs is 1. The number of thiazole rings is 1. The molecule has 34 heavy (non-hydrogen) atoms. The zero-order valence-corrected chi connectivity index (χ0v) is 20.9. The molecule has 0 spiro atoms. The third-order valence-electron chi connectivity index (χ3n) is 5.52. The minimum Gasteiger partial charge on any atom is -0.495 e. The van der Waals surface area contributed by atoms with E-state index in [0.717, 1.165) is 10.2 Å². The van der Waals surface area contributed by atoms with Gasteiger partial charge in [0.05, 0.1) is 28.9 Å². The van der Waals surface area contributed by atoms with Gasteiger partial charge in [0, 0.05) is 25.2 Å². The van der Waals surface area contributed by atoms with Gasteiger partial charge in [0.15, 0.2) is 4.80 Å². The third-order valence-corrected chi connectivity index (χ3v) is 8.41. The second-order valence-electron chi connectivity index (χ2n) is 8.11. The molecule has 0 saturated carbocycles. The van der Waals surface area contributed by atoms with Crippen molar-refractivity contribution in [3.8, 4) is 5.75 Å². The molecule has 10 heteroatoms. The summed E-state index contributed by atoms with van der Waals surface area (Å²) in [5.74, 6) is 0.228. The summed E-state index contributed by atoms with van der Waals surface area (Å²) in [6.45, 7) is 8.55. The van der Waals surface area contributed by atoms with E-state index in [1.165, 1.54) is 39.9 Å². The van der Waals surface area contributed by atoms with Crippen molar-refractivity contribution in [3.05, 3.63) is 65.5 Å². The Morgan fingerprint density at radius 1 is 1.21 bits per heavy atom. The van der Waals surface area contributed by atoms with Gasteiger partial charge < -0.3 is 14.0 Å². The molecule has 0 aliphatic carbocycles. The van der Waals surface area contributed by atoms with Gasteiger partial charge in [0.25, 0.3) is 5.91 Å². The molecule has 0 radical (unpaired) electrons. The van der Waals surface area contributed by atoms with E-state index in [-0.39, 0.29) is 17.1 Å². The van der Waals surface area contributed by atoms with Crippen LogP contribution >= 0.6 is 11.3 Å². The maximum Gasteiger partial charge on any atom is 0.279 e. The van der Waals surface area contributed by atoms with Crippen LogP contribution in [0, 0.1) is 0 Å². The molecule has 1 aliphatic heterocycles. The molecule has 2 aromatic carbocycles. The molecule has 4 rings (SSSR count). The number of morpholine rings is 1. The van der Waals surface area contributed by atoms with E-state index in [0.29, 0.717) is 35.7 Å². The van der Waals surface area contributed by atoms with E-state index >= 15 is 0 Å². The van der Waals surface area contributed by atoms with Gasteiger partial charge in [-0.05, 0) is 50.2 Å². The fraction of sp³-hybridized carbons (Fsp3) is 0.333. The molecule has 1 aromatic heterocycles. The summed E-state index contributed by atoms with van der Waals surface area (Å²) >= 11 is 1.38. The Balaban J connectivity index is 1.66. The van der Waals surface area contributed by atoms with Crippen molar-refractivity contribution in [2.24, 2.45) is 4.99 Å². The van der Waals surface area contributed by atoms with E-state index < -0.39 is 15.9 Å². The smallest absolute Gasteiger partial charge is 0.279 e. The number of aromatic nitrogens is 1. The Morgan fingerprint density at radius 2 is 1.88 bits per heavy atom. The van der Waals surface area contributed by atoms with Gasteiger partial charge in [0.2, 0.25) is 10.0 Å². The lowest BCUT2D eigenvalue weighted by Gasteiger charge is -2.34. The van der Waals surface area contributed by atoms with Crippen LogP contribution in [0.1, 0.15) is 24.2 Å². The third kappa shape index (κ3) is 4.72. The number of ether oxygens (including phenoxy) is 2. The topological polar surface area (TPSA) is 90.2 Å². The summed E-state index contributed by atoms with van der Waals surface area (Å²) in [6.07, 6.45) is 1.37. The van der Waals surface area contributed by atoms with Crippen molar-refractivity contribution in [3.63, 3.8) is 0 Å². The van der Waals surface area contributed by atoms with Crippen LogP contribution in [0.3, 0.4) is 0 Å². The van der Waals surface area contributed by atoms with E-state index in [2.05, 4.69) is 11.6 Å². The Labute approximate surface area is 202 Å². The molecular weight excluding hydrogens is 474 g/mol. The predicted molar refractivity (Wildman–Crippen MR) is 132 cm³/mol. The van der Waals surface area contributed by atoms with Crippen LogP contribution in [0.25, 0.3) is 10.2 Å². The first-order valence-electron chi connectivity index (χ1n) is 10.9. The van der Waals surface area contributed by atoms with Crippen molar-refractivity contribution >= 4 is 37.5 Å². The SMILES string of the molecule is C=CCn1c(=NC(=O)c2ccc(S(=O)(=O)N3C[C@@H](C)O[C@@H](C)C3)cc2)sc2cccc(OC)c21. The molecule has 1 amide bonds. The van der Waals surface area contributed by atoms with Crippen molar-refractivity contribution in [2.75, 3.05) is 20.2 Å². The standard InChI is InChI=1S/C24H27N3O5S2/c1-5-13-27-22-20(31-4)7-6-8-21(22)33-24(27)25-23(28)18-9-11-19(12-10-18)34(29,30)26-14-16(2)32-17(3)15-26/h5-12,16-17H,1,13-15H2,2-4H3/t16-,17+. The van der Waals surface area contributed by atoms with E-state index in [4.69, 9.17) is 9.47 Å². The van der Waals surface area contributed by atoms with Crippen molar-refractivity contribution < 1.29 is 22.7 Å². The summed E-state index contributed by atoms with van der Waals surface area (Å²) in [5.41, 5.74) is 1.15. The van der Waals surface area contributed by atoms with Crippen LogP contribution in [-0.2, 0) is 21.3 Å². The number of amides is 1. The maximum atomic E-state index is 13.1. The Kier molecular flexibility index (Phi) is 7.04. The highest BCUT2D eigenvalue weighted by Crippen LogP contribution is 2.27. The number of rotatable bonds is 6. The molecule has 2 heterocycles. The van der Waals surface area contributed by atoms with Gasteiger partial charge in [-0.2, -0.15) is 9.30 Å². The van der Waals surface area contributed by atoms with Gasteiger partial charge in [-0.1, -0.05) is 23.5 Å². The zero-order chi connectivity index (χ0) is 24.5. The van der Waals surface area contributed by atoms with Crippen LogP contribution in [0.5, 0.6) is 5.75 Å². The Morgan fingerprint density at radius 3 is 2.50 bits per heavy atom. The highest BCUT2D eigenvalue weighted by Gasteiger charge is 2.32. The number of allylic oxidation sites excluding steroid dienone is 1. The molecule has 1 saturated heterocycles.